The highest BCUT2D eigenvalue weighted by atomic mass is 16.7. The molecule has 0 saturated heterocycles. The highest BCUT2D eigenvalue weighted by Crippen LogP contribution is 2.41. The first-order valence-corrected chi connectivity index (χ1v) is 6.64. The van der Waals surface area contributed by atoms with Gasteiger partial charge in [0.05, 0.1) is 18.2 Å². The highest BCUT2D eigenvalue weighted by molar-refractivity contribution is 5.93. The normalized spacial score (nSPS) is 12.6. The van der Waals surface area contributed by atoms with Crippen LogP contribution in [-0.2, 0) is 4.74 Å². The highest BCUT2D eigenvalue weighted by Gasteiger charge is 2.22. The number of carbonyl (C=O) groups excluding carboxylic acids is 1. The third-order valence-electron chi connectivity index (χ3n) is 3.44. The predicted molar refractivity (Wildman–Crippen MR) is 76.9 cm³/mol. The van der Waals surface area contributed by atoms with Crippen LogP contribution < -0.4 is 9.47 Å². The largest absolute Gasteiger partial charge is 0.465 e. The number of benzene rings is 2. The fourth-order valence-corrected chi connectivity index (χ4v) is 2.38. The third-order valence-corrected chi connectivity index (χ3v) is 3.44. The minimum Gasteiger partial charge on any atom is -0.465 e. The van der Waals surface area contributed by atoms with E-state index in [2.05, 4.69) is 4.98 Å². The van der Waals surface area contributed by atoms with Crippen LogP contribution in [0.25, 0.3) is 22.6 Å². The van der Waals surface area contributed by atoms with Crippen molar-refractivity contribution in [2.45, 2.75) is 0 Å². The van der Waals surface area contributed by atoms with Gasteiger partial charge in [0.1, 0.15) is 5.52 Å². The van der Waals surface area contributed by atoms with Crippen molar-refractivity contribution >= 4 is 17.1 Å². The van der Waals surface area contributed by atoms with Crippen molar-refractivity contribution in [2.24, 2.45) is 0 Å². The molecule has 0 radical (unpaired) electrons. The molecule has 2 heterocycles. The van der Waals surface area contributed by atoms with Gasteiger partial charge < -0.3 is 18.6 Å². The number of methoxy groups -OCH3 is 1. The molecule has 1 aromatic heterocycles. The molecule has 0 saturated carbocycles. The van der Waals surface area contributed by atoms with Crippen LogP contribution in [0.4, 0.5) is 0 Å². The lowest BCUT2D eigenvalue weighted by Gasteiger charge is -2.00. The second-order valence-electron chi connectivity index (χ2n) is 4.73. The summed E-state index contributed by atoms with van der Waals surface area (Å²) in [6.45, 7) is 0.180. The van der Waals surface area contributed by atoms with Gasteiger partial charge >= 0.3 is 5.97 Å². The van der Waals surface area contributed by atoms with Crippen LogP contribution in [-0.4, -0.2) is 24.9 Å². The first kappa shape index (κ1) is 12.7. The lowest BCUT2D eigenvalue weighted by atomic mass is 10.2. The summed E-state index contributed by atoms with van der Waals surface area (Å²) in [4.78, 5) is 16.0. The van der Waals surface area contributed by atoms with Gasteiger partial charge in [-0.05, 0) is 30.3 Å². The van der Waals surface area contributed by atoms with E-state index in [4.69, 9.17) is 18.6 Å². The summed E-state index contributed by atoms with van der Waals surface area (Å²) < 4.78 is 21.3. The van der Waals surface area contributed by atoms with Crippen molar-refractivity contribution in [1.29, 1.82) is 0 Å². The average Bonchev–Trinajstić information content (AvgIpc) is 3.19. The van der Waals surface area contributed by atoms with Crippen molar-refractivity contribution in [1.82, 2.24) is 4.98 Å². The van der Waals surface area contributed by atoms with E-state index in [1.165, 1.54) is 7.11 Å². The van der Waals surface area contributed by atoms with E-state index in [0.29, 0.717) is 39.6 Å². The molecule has 0 spiro atoms. The van der Waals surface area contributed by atoms with Crippen molar-refractivity contribution in [3.8, 4) is 23.0 Å². The minimum atomic E-state index is -0.419. The summed E-state index contributed by atoms with van der Waals surface area (Å²) in [7, 11) is 1.34. The van der Waals surface area contributed by atoms with Gasteiger partial charge in [0.15, 0.2) is 17.1 Å². The number of esters is 1. The van der Waals surface area contributed by atoms with Crippen molar-refractivity contribution < 1.29 is 23.4 Å². The number of aromatic nitrogens is 1. The number of para-hydroxylation sites is 1. The van der Waals surface area contributed by atoms with Crippen LogP contribution in [0.15, 0.2) is 40.8 Å². The van der Waals surface area contributed by atoms with Crippen molar-refractivity contribution in [2.75, 3.05) is 13.9 Å². The number of carbonyl (C=O) groups is 1. The van der Waals surface area contributed by atoms with Crippen LogP contribution in [0, 0.1) is 0 Å². The molecule has 0 atom stereocenters. The lowest BCUT2D eigenvalue weighted by Crippen LogP contribution is -2.00. The molecule has 3 aromatic rings. The first-order valence-electron chi connectivity index (χ1n) is 6.64. The Hall–Kier alpha value is -3.02. The zero-order valence-electron chi connectivity index (χ0n) is 11.7. The Bertz CT molecular complexity index is 883. The maximum atomic E-state index is 11.6. The lowest BCUT2D eigenvalue weighted by molar-refractivity contribution is 0.0601. The van der Waals surface area contributed by atoms with Gasteiger partial charge in [-0.3, -0.25) is 0 Å². The maximum Gasteiger partial charge on any atom is 0.337 e. The van der Waals surface area contributed by atoms with Gasteiger partial charge in [-0.2, -0.15) is 0 Å². The molecular weight excluding hydrogens is 286 g/mol. The predicted octanol–water partition coefficient (Wildman–Crippen LogP) is 3.01. The fourth-order valence-electron chi connectivity index (χ4n) is 2.38. The Morgan fingerprint density at radius 3 is 3.00 bits per heavy atom. The van der Waals surface area contributed by atoms with Crippen LogP contribution in [0.1, 0.15) is 10.4 Å². The van der Waals surface area contributed by atoms with Crippen LogP contribution in [0.2, 0.25) is 0 Å². The first-order chi connectivity index (χ1) is 10.8. The minimum absolute atomic E-state index is 0.180. The number of ether oxygens (including phenoxy) is 3. The molecule has 1 aliphatic rings. The zero-order valence-corrected chi connectivity index (χ0v) is 11.7. The standard InChI is InChI=1S/C16H11NO5/c1-19-16(18)9-5-6-11-13(7-9)22-15(17-11)10-3-2-4-12-14(10)21-8-20-12/h2-7H,8H2,1H3. The molecule has 0 fully saturated rings. The maximum absolute atomic E-state index is 11.6. The van der Waals surface area contributed by atoms with Gasteiger partial charge in [-0.25, -0.2) is 9.78 Å². The average molecular weight is 297 g/mol. The molecule has 6 heteroatoms. The Kier molecular flexibility index (Phi) is 2.75. The van der Waals surface area contributed by atoms with E-state index in [1.807, 2.05) is 18.2 Å². The number of hydrogen-bond donors (Lipinski definition) is 0. The van der Waals surface area contributed by atoms with E-state index in [0.717, 1.165) is 0 Å². The van der Waals surface area contributed by atoms with Crippen LogP contribution in [0.5, 0.6) is 11.5 Å². The van der Waals surface area contributed by atoms with Crippen molar-refractivity contribution in [3.63, 3.8) is 0 Å². The molecule has 6 nitrogen and oxygen atoms in total. The molecular formula is C16H11NO5. The monoisotopic (exact) mass is 297 g/mol. The third kappa shape index (κ3) is 1.88. The molecule has 22 heavy (non-hydrogen) atoms. The topological polar surface area (TPSA) is 70.8 Å². The number of oxazole rings is 1. The van der Waals surface area contributed by atoms with Crippen LogP contribution >= 0.6 is 0 Å². The summed E-state index contributed by atoms with van der Waals surface area (Å²) in [5.41, 5.74) is 2.29. The Morgan fingerprint density at radius 1 is 1.23 bits per heavy atom. The van der Waals surface area contributed by atoms with Gasteiger partial charge in [-0.15, -0.1) is 0 Å². The second kappa shape index (κ2) is 4.77. The van der Waals surface area contributed by atoms with E-state index >= 15 is 0 Å². The van der Waals surface area contributed by atoms with E-state index in [1.54, 1.807) is 18.2 Å². The summed E-state index contributed by atoms with van der Waals surface area (Å²) in [5, 5.41) is 0. The second-order valence-corrected chi connectivity index (χ2v) is 4.73. The van der Waals surface area contributed by atoms with Crippen LogP contribution in [0.3, 0.4) is 0 Å². The molecule has 110 valence electrons. The van der Waals surface area contributed by atoms with Crippen molar-refractivity contribution in [3.05, 3.63) is 42.0 Å². The van der Waals surface area contributed by atoms with E-state index < -0.39 is 5.97 Å². The molecule has 0 aliphatic carbocycles. The molecule has 1 aliphatic heterocycles. The smallest absolute Gasteiger partial charge is 0.337 e. The SMILES string of the molecule is COC(=O)c1ccc2nc(-c3cccc4c3OCO4)oc2c1. The quantitative estimate of drug-likeness (QED) is 0.677. The fraction of sp³-hybridized carbons (Fsp3) is 0.125. The molecule has 0 amide bonds. The Labute approximate surface area is 125 Å². The molecule has 4 rings (SSSR count). The molecule has 0 unspecified atom stereocenters. The molecule has 0 bridgehead atoms. The van der Waals surface area contributed by atoms with Gasteiger partial charge in [0.2, 0.25) is 12.7 Å². The van der Waals surface area contributed by atoms with Gasteiger partial charge in [0, 0.05) is 0 Å². The summed E-state index contributed by atoms with van der Waals surface area (Å²) in [6, 6.07) is 10.5. The Balaban J connectivity index is 1.84. The Morgan fingerprint density at radius 2 is 2.14 bits per heavy atom. The number of fused-ring (bicyclic) bond motifs is 2. The van der Waals surface area contributed by atoms with E-state index in [9.17, 15) is 4.79 Å². The number of rotatable bonds is 2. The molecule has 0 N–H and O–H groups in total. The summed E-state index contributed by atoms with van der Waals surface area (Å²) in [5.74, 6) is 1.27. The number of nitrogens with zero attached hydrogens (tertiary/aromatic N) is 1. The zero-order chi connectivity index (χ0) is 15.1. The molecule has 2 aromatic carbocycles. The summed E-state index contributed by atoms with van der Waals surface area (Å²) in [6.07, 6.45) is 0. The number of hydrogen-bond acceptors (Lipinski definition) is 6. The van der Waals surface area contributed by atoms with Gasteiger partial charge in [-0.1, -0.05) is 6.07 Å². The summed E-state index contributed by atoms with van der Waals surface area (Å²) >= 11 is 0. The van der Waals surface area contributed by atoms with Gasteiger partial charge in [0.25, 0.3) is 0 Å². The van der Waals surface area contributed by atoms with E-state index in [-0.39, 0.29) is 6.79 Å².